The predicted molar refractivity (Wildman–Crippen MR) is 63.3 cm³/mol. The Morgan fingerprint density at radius 1 is 1.25 bits per heavy atom. The van der Waals surface area contributed by atoms with Crippen molar-refractivity contribution >= 4 is 5.91 Å². The molecule has 0 unspecified atom stereocenters. The summed E-state index contributed by atoms with van der Waals surface area (Å²) in [5.41, 5.74) is 3.44. The zero-order valence-corrected chi connectivity index (χ0v) is 9.70. The molecular weight excluding hydrogens is 198 g/mol. The fourth-order valence-corrected chi connectivity index (χ4v) is 3.02. The molecule has 0 atom stereocenters. The molecule has 1 aromatic carbocycles. The van der Waals surface area contributed by atoms with Crippen molar-refractivity contribution in [2.24, 2.45) is 0 Å². The van der Waals surface area contributed by atoms with Crippen molar-refractivity contribution in [3.63, 3.8) is 0 Å². The first kappa shape index (κ1) is 9.88. The molecule has 0 saturated heterocycles. The number of carbonyl (C=O) groups is 1. The van der Waals surface area contributed by atoms with Crippen LogP contribution in [0.4, 0.5) is 0 Å². The van der Waals surface area contributed by atoms with Gasteiger partial charge in [-0.15, -0.1) is 0 Å². The zero-order chi connectivity index (χ0) is 11.1. The number of aryl methyl sites for hydroxylation is 1. The van der Waals surface area contributed by atoms with E-state index in [9.17, 15) is 4.79 Å². The third-order valence-electron chi connectivity index (χ3n) is 4.00. The quantitative estimate of drug-likeness (QED) is 0.705. The maximum absolute atomic E-state index is 12.3. The molecular formula is C14H17NO. The Labute approximate surface area is 96.3 Å². The van der Waals surface area contributed by atoms with Gasteiger partial charge in [-0.3, -0.25) is 4.79 Å². The summed E-state index contributed by atoms with van der Waals surface area (Å²) in [6, 6.07) is 6.56. The van der Waals surface area contributed by atoms with Crippen LogP contribution in [0.3, 0.4) is 0 Å². The second kappa shape index (κ2) is 3.62. The van der Waals surface area contributed by atoms with Crippen LogP contribution >= 0.6 is 0 Å². The van der Waals surface area contributed by atoms with Crippen LogP contribution in [0.15, 0.2) is 18.2 Å². The van der Waals surface area contributed by atoms with Gasteiger partial charge in [-0.25, -0.2) is 0 Å². The lowest BCUT2D eigenvalue weighted by Gasteiger charge is -2.23. The van der Waals surface area contributed by atoms with Gasteiger partial charge in [-0.1, -0.05) is 25.0 Å². The van der Waals surface area contributed by atoms with Crippen molar-refractivity contribution < 1.29 is 4.79 Å². The minimum Gasteiger partial charge on any atom is -0.331 e. The highest BCUT2D eigenvalue weighted by atomic mass is 16.2. The van der Waals surface area contributed by atoms with E-state index in [0.717, 1.165) is 12.1 Å². The summed E-state index contributed by atoms with van der Waals surface area (Å²) in [6.07, 6.45) is 4.95. The summed E-state index contributed by atoms with van der Waals surface area (Å²) in [5, 5.41) is 0. The summed E-state index contributed by atoms with van der Waals surface area (Å²) in [7, 11) is 0. The van der Waals surface area contributed by atoms with E-state index in [-0.39, 0.29) is 5.91 Å². The van der Waals surface area contributed by atoms with Gasteiger partial charge in [0.25, 0.3) is 5.91 Å². The lowest BCUT2D eigenvalue weighted by atomic mass is 10.1. The Balaban J connectivity index is 1.94. The summed E-state index contributed by atoms with van der Waals surface area (Å²) >= 11 is 0. The second-order valence-electron chi connectivity index (χ2n) is 4.97. The maximum atomic E-state index is 12.3. The number of benzene rings is 1. The number of amides is 1. The van der Waals surface area contributed by atoms with E-state index in [2.05, 4.69) is 17.9 Å². The standard InChI is InChI=1S/C14H17NO/c1-10-5-4-8-12-13(10)9-15(14(12)16)11-6-2-3-7-11/h4-5,8,11H,2-3,6-7,9H2,1H3. The van der Waals surface area contributed by atoms with E-state index in [4.69, 9.17) is 0 Å². The fourth-order valence-electron chi connectivity index (χ4n) is 3.02. The van der Waals surface area contributed by atoms with E-state index < -0.39 is 0 Å². The first-order valence-electron chi connectivity index (χ1n) is 6.17. The van der Waals surface area contributed by atoms with Gasteiger partial charge in [0.15, 0.2) is 0 Å². The monoisotopic (exact) mass is 215 g/mol. The molecule has 1 aromatic rings. The highest BCUT2D eigenvalue weighted by Crippen LogP contribution is 2.32. The normalized spacial score (nSPS) is 20.6. The summed E-state index contributed by atoms with van der Waals surface area (Å²) in [5.74, 6) is 0.255. The van der Waals surface area contributed by atoms with Gasteiger partial charge in [-0.05, 0) is 37.0 Å². The number of hydrogen-bond donors (Lipinski definition) is 0. The molecule has 16 heavy (non-hydrogen) atoms. The van der Waals surface area contributed by atoms with Crippen molar-refractivity contribution in [1.82, 2.24) is 4.90 Å². The van der Waals surface area contributed by atoms with Gasteiger partial charge < -0.3 is 4.90 Å². The highest BCUT2D eigenvalue weighted by molar-refractivity contribution is 5.98. The summed E-state index contributed by atoms with van der Waals surface area (Å²) in [4.78, 5) is 14.3. The molecule has 2 heteroatoms. The number of nitrogens with zero attached hydrogens (tertiary/aromatic N) is 1. The van der Waals surface area contributed by atoms with Gasteiger partial charge in [-0.2, -0.15) is 0 Å². The topological polar surface area (TPSA) is 20.3 Å². The Kier molecular flexibility index (Phi) is 2.23. The Morgan fingerprint density at radius 2 is 2.00 bits per heavy atom. The van der Waals surface area contributed by atoms with Gasteiger partial charge >= 0.3 is 0 Å². The molecule has 0 N–H and O–H groups in total. The lowest BCUT2D eigenvalue weighted by molar-refractivity contribution is 0.0707. The van der Waals surface area contributed by atoms with Crippen LogP contribution in [0.25, 0.3) is 0 Å². The number of rotatable bonds is 1. The van der Waals surface area contributed by atoms with E-state index in [1.54, 1.807) is 0 Å². The Hall–Kier alpha value is -1.31. The van der Waals surface area contributed by atoms with E-state index in [0.29, 0.717) is 6.04 Å². The van der Waals surface area contributed by atoms with Crippen molar-refractivity contribution in [3.8, 4) is 0 Å². The predicted octanol–water partition coefficient (Wildman–Crippen LogP) is 2.89. The lowest BCUT2D eigenvalue weighted by Crippen LogP contribution is -2.33. The van der Waals surface area contributed by atoms with Crippen molar-refractivity contribution in [1.29, 1.82) is 0 Å². The molecule has 2 aliphatic rings. The Bertz CT molecular complexity index is 432. The first-order valence-corrected chi connectivity index (χ1v) is 6.17. The Morgan fingerprint density at radius 3 is 2.69 bits per heavy atom. The molecule has 1 aliphatic carbocycles. The molecule has 1 saturated carbocycles. The molecule has 1 amide bonds. The van der Waals surface area contributed by atoms with Crippen LogP contribution in [-0.2, 0) is 6.54 Å². The average Bonchev–Trinajstić information content (AvgIpc) is 2.88. The first-order chi connectivity index (χ1) is 7.77. The smallest absolute Gasteiger partial charge is 0.254 e. The average molecular weight is 215 g/mol. The molecule has 0 bridgehead atoms. The van der Waals surface area contributed by atoms with Gasteiger partial charge in [0.2, 0.25) is 0 Å². The van der Waals surface area contributed by atoms with Crippen molar-refractivity contribution in [2.45, 2.75) is 45.2 Å². The molecule has 84 valence electrons. The SMILES string of the molecule is Cc1cccc2c1CN(C1CCCC1)C2=O. The molecule has 0 aromatic heterocycles. The second-order valence-corrected chi connectivity index (χ2v) is 4.97. The molecule has 3 rings (SSSR count). The van der Waals surface area contributed by atoms with Crippen LogP contribution in [0.5, 0.6) is 0 Å². The molecule has 1 fully saturated rings. The minimum atomic E-state index is 0.255. The minimum absolute atomic E-state index is 0.255. The van der Waals surface area contributed by atoms with Crippen molar-refractivity contribution in [3.05, 3.63) is 34.9 Å². The largest absolute Gasteiger partial charge is 0.331 e. The van der Waals surface area contributed by atoms with Crippen LogP contribution in [0, 0.1) is 6.92 Å². The number of hydrogen-bond acceptors (Lipinski definition) is 1. The van der Waals surface area contributed by atoms with Crippen molar-refractivity contribution in [2.75, 3.05) is 0 Å². The molecule has 0 spiro atoms. The van der Waals surface area contributed by atoms with Gasteiger partial charge in [0.05, 0.1) is 0 Å². The maximum Gasteiger partial charge on any atom is 0.254 e. The molecule has 1 aliphatic heterocycles. The van der Waals surface area contributed by atoms with Crippen LogP contribution in [0.2, 0.25) is 0 Å². The van der Waals surface area contributed by atoms with E-state index in [1.165, 1.54) is 36.8 Å². The van der Waals surface area contributed by atoms with E-state index >= 15 is 0 Å². The summed E-state index contributed by atoms with van der Waals surface area (Å²) < 4.78 is 0. The van der Waals surface area contributed by atoms with Crippen LogP contribution < -0.4 is 0 Å². The number of fused-ring (bicyclic) bond motifs is 1. The highest BCUT2D eigenvalue weighted by Gasteiger charge is 2.34. The number of carbonyl (C=O) groups excluding carboxylic acids is 1. The van der Waals surface area contributed by atoms with E-state index in [1.807, 2.05) is 12.1 Å². The van der Waals surface area contributed by atoms with Gasteiger partial charge in [0, 0.05) is 18.2 Å². The third-order valence-corrected chi connectivity index (χ3v) is 4.00. The fraction of sp³-hybridized carbons (Fsp3) is 0.500. The molecule has 2 nitrogen and oxygen atoms in total. The van der Waals surface area contributed by atoms with Gasteiger partial charge in [0.1, 0.15) is 0 Å². The molecule has 1 heterocycles. The molecule has 0 radical (unpaired) electrons. The van der Waals surface area contributed by atoms with Crippen LogP contribution in [-0.4, -0.2) is 16.8 Å². The zero-order valence-electron chi connectivity index (χ0n) is 9.70. The summed E-state index contributed by atoms with van der Waals surface area (Å²) in [6.45, 7) is 2.94. The third kappa shape index (κ3) is 1.36. The van der Waals surface area contributed by atoms with Crippen LogP contribution in [0.1, 0.15) is 47.2 Å².